The van der Waals surface area contributed by atoms with E-state index in [-0.39, 0.29) is 11.8 Å². The molecule has 2 unspecified atom stereocenters. The van der Waals surface area contributed by atoms with Crippen LogP contribution < -0.4 is 11.3 Å². The fraction of sp³-hybridized carbons (Fsp3) is 0.944. The summed E-state index contributed by atoms with van der Waals surface area (Å²) >= 11 is 0. The summed E-state index contributed by atoms with van der Waals surface area (Å²) < 4.78 is 5.29. The number of ketones is 1. The van der Waals surface area contributed by atoms with E-state index < -0.39 is 6.10 Å². The maximum absolute atomic E-state index is 12.1. The van der Waals surface area contributed by atoms with E-state index in [1.807, 2.05) is 0 Å². The number of ether oxygens (including phenoxy) is 1. The van der Waals surface area contributed by atoms with Crippen molar-refractivity contribution < 1.29 is 14.6 Å². The lowest BCUT2D eigenvalue weighted by molar-refractivity contribution is -0.121. The van der Waals surface area contributed by atoms with Gasteiger partial charge in [0.15, 0.2) is 5.78 Å². The first-order valence-electron chi connectivity index (χ1n) is 9.36. The molecule has 4 N–H and O–H groups in total. The molecule has 0 aliphatic heterocycles. The van der Waals surface area contributed by atoms with Gasteiger partial charge in [-0.25, -0.2) is 5.43 Å². The van der Waals surface area contributed by atoms with Gasteiger partial charge in [-0.05, 0) is 26.2 Å². The van der Waals surface area contributed by atoms with Crippen LogP contribution in [0.5, 0.6) is 0 Å². The smallest absolute Gasteiger partial charge is 0.151 e. The lowest BCUT2D eigenvalue weighted by Gasteiger charge is -2.15. The maximum atomic E-state index is 12.1. The fourth-order valence-electron chi connectivity index (χ4n) is 2.59. The maximum Gasteiger partial charge on any atom is 0.151 e. The van der Waals surface area contributed by atoms with Gasteiger partial charge in [-0.2, -0.15) is 0 Å². The third-order valence-electron chi connectivity index (χ3n) is 4.01. The number of nitrogens with one attached hydrogen (secondary N) is 1. The van der Waals surface area contributed by atoms with Gasteiger partial charge in [0.25, 0.3) is 0 Å². The Labute approximate surface area is 142 Å². The number of aliphatic hydroxyl groups is 1. The molecule has 0 fully saturated rings. The van der Waals surface area contributed by atoms with Crippen molar-refractivity contribution in [2.24, 2.45) is 5.84 Å². The first-order valence-corrected chi connectivity index (χ1v) is 9.36. The van der Waals surface area contributed by atoms with Crippen LogP contribution in [0.1, 0.15) is 84.5 Å². The van der Waals surface area contributed by atoms with E-state index in [9.17, 15) is 4.79 Å². The Morgan fingerprint density at radius 3 is 2.26 bits per heavy atom. The number of Topliss-reactive ketones (excluding diaryl/α,β-unsaturated/α-hetero) is 1. The average molecular weight is 331 g/mol. The van der Waals surface area contributed by atoms with Crippen molar-refractivity contribution in [3.8, 4) is 0 Å². The Bertz CT molecular complexity index is 273. The van der Waals surface area contributed by atoms with E-state index in [1.165, 1.54) is 38.5 Å². The van der Waals surface area contributed by atoms with Crippen LogP contribution in [-0.2, 0) is 9.53 Å². The minimum atomic E-state index is -0.443. The highest BCUT2D eigenvalue weighted by atomic mass is 16.5. The zero-order valence-electron chi connectivity index (χ0n) is 15.2. The van der Waals surface area contributed by atoms with Crippen LogP contribution in [0.4, 0.5) is 0 Å². The Morgan fingerprint density at radius 1 is 1.09 bits per heavy atom. The van der Waals surface area contributed by atoms with Crippen LogP contribution in [0, 0.1) is 0 Å². The van der Waals surface area contributed by atoms with Crippen molar-refractivity contribution in [1.29, 1.82) is 0 Å². The number of carbonyl (C=O) groups is 1. The van der Waals surface area contributed by atoms with Gasteiger partial charge < -0.3 is 9.84 Å². The lowest BCUT2D eigenvalue weighted by Crippen LogP contribution is -2.41. The molecule has 0 saturated heterocycles. The molecule has 0 bridgehead atoms. The molecule has 0 amide bonds. The molecule has 0 aromatic rings. The van der Waals surface area contributed by atoms with E-state index in [1.54, 1.807) is 6.92 Å². The zero-order valence-corrected chi connectivity index (χ0v) is 15.2. The summed E-state index contributed by atoms with van der Waals surface area (Å²) in [6.45, 7) is 4.81. The van der Waals surface area contributed by atoms with Crippen molar-refractivity contribution in [3.63, 3.8) is 0 Å². The minimum Gasteiger partial charge on any atom is -0.391 e. The monoisotopic (exact) mass is 330 g/mol. The predicted molar refractivity (Wildman–Crippen MR) is 95.1 cm³/mol. The second-order valence-electron chi connectivity index (χ2n) is 6.48. The van der Waals surface area contributed by atoms with Gasteiger partial charge in [-0.1, -0.05) is 51.9 Å². The van der Waals surface area contributed by atoms with Gasteiger partial charge in [-0.15, -0.1) is 0 Å². The third kappa shape index (κ3) is 14.8. The summed E-state index contributed by atoms with van der Waals surface area (Å²) in [5.74, 6) is 5.69. The summed E-state index contributed by atoms with van der Waals surface area (Å²) in [4.78, 5) is 12.1. The Morgan fingerprint density at radius 2 is 1.70 bits per heavy atom. The molecule has 5 nitrogen and oxygen atoms in total. The number of rotatable bonds is 17. The van der Waals surface area contributed by atoms with Crippen LogP contribution in [0.3, 0.4) is 0 Å². The molecule has 5 heteroatoms. The highest BCUT2D eigenvalue weighted by Crippen LogP contribution is 2.11. The minimum absolute atomic E-state index is 0.203. The average Bonchev–Trinajstić information content (AvgIpc) is 2.53. The number of nitrogens with two attached hydrogens (primary N) is 1. The van der Waals surface area contributed by atoms with Crippen LogP contribution in [0.25, 0.3) is 0 Å². The predicted octanol–water partition coefficient (Wildman–Crippen LogP) is 3.10. The molecule has 0 spiro atoms. The summed E-state index contributed by atoms with van der Waals surface area (Å²) in [6.07, 6.45) is 11.5. The standard InChI is InChI=1S/C18H38N2O3/c1-3-4-5-6-7-8-9-10-13-18(22)17(20-19)12-11-14-23-15-16(2)21/h16-17,20-21H,3-15,19H2,1-2H3. The normalized spacial score (nSPS) is 13.9. The van der Waals surface area contributed by atoms with E-state index in [2.05, 4.69) is 12.3 Å². The molecule has 0 rings (SSSR count). The number of carbonyl (C=O) groups excluding carboxylic acids is 1. The topological polar surface area (TPSA) is 84.6 Å². The van der Waals surface area contributed by atoms with Gasteiger partial charge in [-0.3, -0.25) is 10.6 Å². The summed E-state index contributed by atoms with van der Waals surface area (Å²) in [6, 6.07) is -0.269. The Balaban J connectivity index is 3.57. The third-order valence-corrected chi connectivity index (χ3v) is 4.01. The molecule has 0 aliphatic rings. The first kappa shape index (κ1) is 22.5. The summed E-state index contributed by atoms with van der Waals surface area (Å²) in [5.41, 5.74) is 2.62. The Kier molecular flexibility index (Phi) is 16.0. The van der Waals surface area contributed by atoms with Gasteiger partial charge in [0, 0.05) is 13.0 Å². The van der Waals surface area contributed by atoms with Gasteiger partial charge >= 0.3 is 0 Å². The molecule has 0 aliphatic carbocycles. The fourth-order valence-corrected chi connectivity index (χ4v) is 2.59. The summed E-state index contributed by atoms with van der Waals surface area (Å²) in [5, 5.41) is 9.08. The molecule has 2 atom stereocenters. The molecule has 138 valence electrons. The van der Waals surface area contributed by atoms with Crippen molar-refractivity contribution in [2.75, 3.05) is 13.2 Å². The van der Waals surface area contributed by atoms with E-state index in [4.69, 9.17) is 15.7 Å². The highest BCUT2D eigenvalue weighted by Gasteiger charge is 2.15. The molecule has 0 aromatic heterocycles. The zero-order chi connectivity index (χ0) is 17.3. The van der Waals surface area contributed by atoms with Crippen molar-refractivity contribution in [3.05, 3.63) is 0 Å². The van der Waals surface area contributed by atoms with Crippen LogP contribution >= 0.6 is 0 Å². The molecule has 0 radical (unpaired) electrons. The van der Waals surface area contributed by atoms with Crippen LogP contribution in [-0.4, -0.2) is 36.2 Å². The lowest BCUT2D eigenvalue weighted by atomic mass is 10.0. The number of unbranched alkanes of at least 4 members (excludes halogenated alkanes) is 7. The number of hydrazine groups is 1. The van der Waals surface area contributed by atoms with Crippen LogP contribution in [0.2, 0.25) is 0 Å². The molecule has 0 saturated carbocycles. The molecule has 0 heterocycles. The second kappa shape index (κ2) is 16.4. The van der Waals surface area contributed by atoms with E-state index in [0.29, 0.717) is 26.1 Å². The van der Waals surface area contributed by atoms with Crippen molar-refractivity contribution in [2.45, 2.75) is 96.6 Å². The largest absolute Gasteiger partial charge is 0.391 e. The van der Waals surface area contributed by atoms with Gasteiger partial charge in [0.2, 0.25) is 0 Å². The van der Waals surface area contributed by atoms with E-state index >= 15 is 0 Å². The summed E-state index contributed by atoms with van der Waals surface area (Å²) in [7, 11) is 0. The molecular weight excluding hydrogens is 292 g/mol. The highest BCUT2D eigenvalue weighted by molar-refractivity contribution is 5.83. The van der Waals surface area contributed by atoms with E-state index in [0.717, 1.165) is 19.3 Å². The first-order chi connectivity index (χ1) is 11.1. The number of hydrogen-bond donors (Lipinski definition) is 3. The molecule has 23 heavy (non-hydrogen) atoms. The number of aliphatic hydroxyl groups excluding tert-OH is 1. The molecule has 0 aromatic carbocycles. The quantitative estimate of drug-likeness (QED) is 0.217. The molecular formula is C18H38N2O3. The SMILES string of the molecule is CCCCCCCCCCC(=O)C(CCCOCC(C)O)NN. The number of hydrogen-bond acceptors (Lipinski definition) is 5. The van der Waals surface area contributed by atoms with Crippen molar-refractivity contribution >= 4 is 5.78 Å². The van der Waals surface area contributed by atoms with Gasteiger partial charge in [0.05, 0.1) is 18.8 Å². The van der Waals surface area contributed by atoms with Crippen molar-refractivity contribution in [1.82, 2.24) is 5.43 Å². The van der Waals surface area contributed by atoms with Gasteiger partial charge in [0.1, 0.15) is 0 Å². The Hall–Kier alpha value is -0.490. The van der Waals surface area contributed by atoms with Crippen LogP contribution in [0.15, 0.2) is 0 Å². The second-order valence-corrected chi connectivity index (χ2v) is 6.48.